The fraction of sp³-hybridized carbons (Fsp3) is 0.320. The first-order chi connectivity index (χ1) is 14.2. The average Bonchev–Trinajstić information content (AvgIpc) is 3.04. The molecule has 0 aromatic heterocycles. The van der Waals surface area contributed by atoms with Crippen molar-refractivity contribution < 1.29 is 4.79 Å². The van der Waals surface area contributed by atoms with E-state index < -0.39 is 28.8 Å². The SMILES string of the molecule is CC(C)(C)C(=O)[C@H]1[C@H](c2ccc(Cl)cc2)C(C#N)(C#N)[C@@H]2c3ccccc3C=CN21. The molecule has 0 N–H and O–H groups in total. The Bertz CT molecular complexity index is 1100. The summed E-state index contributed by atoms with van der Waals surface area (Å²) in [5.41, 5.74) is 0.565. The largest absolute Gasteiger partial charge is 0.357 e. The molecule has 1 saturated heterocycles. The van der Waals surface area contributed by atoms with Gasteiger partial charge in [-0.2, -0.15) is 10.5 Å². The number of hydrogen-bond donors (Lipinski definition) is 0. The van der Waals surface area contributed by atoms with Crippen molar-refractivity contribution in [1.29, 1.82) is 10.5 Å². The van der Waals surface area contributed by atoms with Crippen molar-refractivity contribution in [3.63, 3.8) is 0 Å². The zero-order chi connectivity index (χ0) is 21.7. The van der Waals surface area contributed by atoms with E-state index in [2.05, 4.69) is 12.1 Å². The Morgan fingerprint density at radius 2 is 1.70 bits per heavy atom. The van der Waals surface area contributed by atoms with Crippen LogP contribution in [0, 0.1) is 33.5 Å². The predicted molar refractivity (Wildman–Crippen MR) is 116 cm³/mol. The first-order valence-corrected chi connectivity index (χ1v) is 10.3. The van der Waals surface area contributed by atoms with Gasteiger partial charge in [0, 0.05) is 22.6 Å². The highest BCUT2D eigenvalue weighted by molar-refractivity contribution is 6.30. The lowest BCUT2D eigenvalue weighted by molar-refractivity contribution is -0.130. The number of carbonyl (C=O) groups is 1. The Kier molecular flexibility index (Phi) is 4.72. The minimum atomic E-state index is -1.43. The van der Waals surface area contributed by atoms with E-state index in [1.807, 2.05) is 74.3 Å². The van der Waals surface area contributed by atoms with Crippen LogP contribution in [0.5, 0.6) is 0 Å². The number of benzene rings is 2. The van der Waals surface area contributed by atoms with E-state index in [-0.39, 0.29) is 5.78 Å². The molecule has 0 radical (unpaired) electrons. The molecule has 0 spiro atoms. The molecule has 30 heavy (non-hydrogen) atoms. The van der Waals surface area contributed by atoms with Gasteiger partial charge in [0.1, 0.15) is 0 Å². The van der Waals surface area contributed by atoms with Gasteiger partial charge in [0.15, 0.2) is 11.2 Å². The first-order valence-electron chi connectivity index (χ1n) is 9.91. The third-order valence-electron chi connectivity index (χ3n) is 6.18. The maximum absolute atomic E-state index is 13.7. The molecule has 2 heterocycles. The van der Waals surface area contributed by atoms with E-state index in [1.54, 1.807) is 12.1 Å². The lowest BCUT2D eigenvalue weighted by Gasteiger charge is -2.36. The monoisotopic (exact) mass is 415 g/mol. The molecule has 150 valence electrons. The molecular formula is C25H22ClN3O. The zero-order valence-corrected chi connectivity index (χ0v) is 17.9. The van der Waals surface area contributed by atoms with E-state index in [1.165, 1.54) is 0 Å². The van der Waals surface area contributed by atoms with Gasteiger partial charge in [0.2, 0.25) is 0 Å². The van der Waals surface area contributed by atoms with Gasteiger partial charge in [-0.3, -0.25) is 4.79 Å². The predicted octanol–water partition coefficient (Wildman–Crippen LogP) is 5.48. The van der Waals surface area contributed by atoms with Crippen LogP contribution in [0.15, 0.2) is 54.7 Å². The smallest absolute Gasteiger partial charge is 0.177 e. The van der Waals surface area contributed by atoms with Gasteiger partial charge in [-0.05, 0) is 34.9 Å². The van der Waals surface area contributed by atoms with Crippen LogP contribution in [-0.4, -0.2) is 16.7 Å². The summed E-state index contributed by atoms with van der Waals surface area (Å²) in [6, 6.07) is 18.4. The summed E-state index contributed by atoms with van der Waals surface area (Å²) < 4.78 is 0. The normalized spacial score (nSPS) is 23.8. The molecule has 0 unspecified atom stereocenters. The molecule has 3 atom stereocenters. The molecule has 0 saturated carbocycles. The molecule has 0 bridgehead atoms. The quantitative estimate of drug-likeness (QED) is 0.651. The highest BCUT2D eigenvalue weighted by Gasteiger charge is 2.64. The molecule has 1 fully saturated rings. The van der Waals surface area contributed by atoms with E-state index in [4.69, 9.17) is 11.6 Å². The molecule has 0 aliphatic carbocycles. The van der Waals surface area contributed by atoms with Gasteiger partial charge in [0.05, 0.1) is 24.2 Å². The van der Waals surface area contributed by atoms with Crippen LogP contribution in [-0.2, 0) is 4.79 Å². The topological polar surface area (TPSA) is 67.9 Å². The van der Waals surface area contributed by atoms with Crippen LogP contribution in [0.25, 0.3) is 6.08 Å². The van der Waals surface area contributed by atoms with Gasteiger partial charge >= 0.3 is 0 Å². The number of Topliss-reactive ketones (excluding diaryl/α,β-unsaturated/α-hetero) is 1. The summed E-state index contributed by atoms with van der Waals surface area (Å²) in [6.07, 6.45) is 3.83. The summed E-state index contributed by atoms with van der Waals surface area (Å²) in [6.45, 7) is 5.64. The third-order valence-corrected chi connectivity index (χ3v) is 6.43. The summed E-state index contributed by atoms with van der Waals surface area (Å²) in [4.78, 5) is 15.6. The minimum Gasteiger partial charge on any atom is -0.357 e. The van der Waals surface area contributed by atoms with Crippen molar-refractivity contribution in [3.05, 3.63) is 76.4 Å². The molecule has 2 aliphatic rings. The summed E-state index contributed by atoms with van der Waals surface area (Å²) >= 11 is 6.10. The second-order valence-corrected chi connectivity index (χ2v) is 9.41. The molecular weight excluding hydrogens is 394 g/mol. The van der Waals surface area contributed by atoms with Crippen LogP contribution < -0.4 is 0 Å². The van der Waals surface area contributed by atoms with Crippen molar-refractivity contribution in [2.75, 3.05) is 0 Å². The van der Waals surface area contributed by atoms with Crippen molar-refractivity contribution in [2.45, 2.75) is 38.8 Å². The van der Waals surface area contributed by atoms with Crippen LogP contribution in [0.1, 0.15) is 49.4 Å². The number of nitrogens with zero attached hydrogens (tertiary/aromatic N) is 3. The van der Waals surface area contributed by atoms with Crippen LogP contribution in [0.3, 0.4) is 0 Å². The van der Waals surface area contributed by atoms with Crippen LogP contribution >= 0.6 is 11.6 Å². The highest BCUT2D eigenvalue weighted by Crippen LogP contribution is 2.60. The molecule has 2 aromatic carbocycles. The van der Waals surface area contributed by atoms with E-state index in [9.17, 15) is 15.3 Å². The van der Waals surface area contributed by atoms with E-state index in [0.29, 0.717) is 5.02 Å². The Labute approximate surface area is 182 Å². The summed E-state index contributed by atoms with van der Waals surface area (Å²) in [5.74, 6) is -0.610. The molecule has 4 nitrogen and oxygen atoms in total. The van der Waals surface area contributed by atoms with Gasteiger partial charge < -0.3 is 4.90 Å². The average molecular weight is 416 g/mol. The van der Waals surface area contributed by atoms with Crippen molar-refractivity contribution in [1.82, 2.24) is 4.90 Å². The minimum absolute atomic E-state index is 0.00357. The van der Waals surface area contributed by atoms with E-state index in [0.717, 1.165) is 16.7 Å². The van der Waals surface area contributed by atoms with Gasteiger partial charge in [-0.15, -0.1) is 0 Å². The number of hydrogen-bond acceptors (Lipinski definition) is 4. The second kappa shape index (κ2) is 7.01. The van der Waals surface area contributed by atoms with Crippen molar-refractivity contribution >= 4 is 23.5 Å². The Balaban J connectivity index is 2.02. The second-order valence-electron chi connectivity index (χ2n) is 8.98. The van der Waals surface area contributed by atoms with Crippen molar-refractivity contribution in [3.8, 4) is 12.1 Å². The van der Waals surface area contributed by atoms with Crippen molar-refractivity contribution in [2.24, 2.45) is 10.8 Å². The number of nitriles is 2. The maximum Gasteiger partial charge on any atom is 0.177 e. The fourth-order valence-electron chi connectivity index (χ4n) is 4.78. The molecule has 2 aliphatic heterocycles. The van der Waals surface area contributed by atoms with Gasteiger partial charge in [-0.1, -0.05) is 68.8 Å². The number of ketones is 1. The lowest BCUT2D eigenvalue weighted by Crippen LogP contribution is -2.43. The molecule has 2 aromatic rings. The molecule has 5 heteroatoms. The number of carbonyl (C=O) groups excluding carboxylic acids is 1. The maximum atomic E-state index is 13.7. The Hall–Kier alpha value is -3.08. The van der Waals surface area contributed by atoms with Crippen LogP contribution in [0.4, 0.5) is 0 Å². The zero-order valence-electron chi connectivity index (χ0n) is 17.1. The van der Waals surface area contributed by atoms with Gasteiger partial charge in [-0.25, -0.2) is 0 Å². The fourth-order valence-corrected chi connectivity index (χ4v) is 4.91. The Morgan fingerprint density at radius 3 is 2.30 bits per heavy atom. The molecule has 4 rings (SSSR count). The van der Waals surface area contributed by atoms with Crippen LogP contribution in [0.2, 0.25) is 5.02 Å². The molecule has 0 amide bonds. The van der Waals surface area contributed by atoms with Gasteiger partial charge in [0.25, 0.3) is 0 Å². The Morgan fingerprint density at radius 1 is 1.07 bits per heavy atom. The number of halogens is 1. The first kappa shape index (κ1) is 20.2. The number of rotatable bonds is 2. The number of fused-ring (bicyclic) bond motifs is 3. The summed E-state index contributed by atoms with van der Waals surface area (Å²) in [7, 11) is 0. The lowest BCUT2D eigenvalue weighted by atomic mass is 9.66. The van der Waals surface area contributed by atoms with E-state index >= 15 is 0 Å². The highest BCUT2D eigenvalue weighted by atomic mass is 35.5. The standard InChI is InChI=1S/C25H22ClN3O/c1-24(2,3)23(30)21-20(17-8-10-18(26)11-9-17)25(14-27,15-28)22-19-7-5-4-6-16(19)12-13-29(21)22/h4-13,20-22H,1-3H3/t20-,21+,22-/m0/s1. The third kappa shape index (κ3) is 2.83. The summed E-state index contributed by atoms with van der Waals surface area (Å²) in [5, 5.41) is 21.4.